The first-order valence-corrected chi connectivity index (χ1v) is 11.0. The predicted molar refractivity (Wildman–Crippen MR) is 122 cm³/mol. The molecule has 4 rings (SSSR count). The number of rotatable bonds is 6. The van der Waals surface area contributed by atoms with Gasteiger partial charge in [0.05, 0.1) is 46.0 Å². The number of esters is 1. The predicted octanol–water partition coefficient (Wildman–Crippen LogP) is 2.71. The molecule has 0 spiro atoms. The number of ether oxygens (including phenoxy) is 2. The van der Waals surface area contributed by atoms with Crippen molar-refractivity contribution in [3.05, 3.63) is 70.3 Å². The maximum atomic E-state index is 13.1. The summed E-state index contributed by atoms with van der Waals surface area (Å²) in [5.74, 6) is -0.282. The number of ketones is 1. The zero-order valence-electron chi connectivity index (χ0n) is 18.3. The van der Waals surface area contributed by atoms with Gasteiger partial charge in [0.25, 0.3) is 0 Å². The number of carbonyl (C=O) groups excluding carboxylic acids is 2. The van der Waals surface area contributed by atoms with Gasteiger partial charge in [-0.1, -0.05) is 36.4 Å². The summed E-state index contributed by atoms with van der Waals surface area (Å²) in [5.41, 5.74) is 10.7. The molecule has 168 valence electrons. The Morgan fingerprint density at radius 2 is 1.88 bits per heavy atom. The molecular formula is C25H29N3O4. The molecule has 2 aromatic carbocycles. The van der Waals surface area contributed by atoms with Gasteiger partial charge in [0.2, 0.25) is 0 Å². The number of nitrogens with two attached hydrogens (primary N) is 1. The molecule has 1 heterocycles. The van der Waals surface area contributed by atoms with Gasteiger partial charge in [0.15, 0.2) is 5.78 Å². The van der Waals surface area contributed by atoms with Crippen LogP contribution in [0.2, 0.25) is 0 Å². The lowest BCUT2D eigenvalue weighted by atomic mass is 9.77. The molecule has 2 unspecified atom stereocenters. The Labute approximate surface area is 188 Å². The molecule has 2 aliphatic rings. The average Bonchev–Trinajstić information content (AvgIpc) is 2.84. The molecule has 1 aliphatic carbocycles. The molecule has 2 N–H and O–H groups in total. The van der Waals surface area contributed by atoms with Crippen molar-refractivity contribution in [3.8, 4) is 0 Å². The van der Waals surface area contributed by atoms with E-state index < -0.39 is 0 Å². The normalized spacial score (nSPS) is 20.8. The summed E-state index contributed by atoms with van der Waals surface area (Å²) in [7, 11) is 1.39. The van der Waals surface area contributed by atoms with E-state index in [1.54, 1.807) is 6.21 Å². The Kier molecular flexibility index (Phi) is 6.97. The molecule has 2 aromatic rings. The molecule has 2 atom stereocenters. The van der Waals surface area contributed by atoms with Gasteiger partial charge in [-0.2, -0.15) is 5.10 Å². The van der Waals surface area contributed by atoms with Gasteiger partial charge in [-0.15, -0.1) is 0 Å². The Morgan fingerprint density at radius 3 is 2.59 bits per heavy atom. The van der Waals surface area contributed by atoms with Crippen molar-refractivity contribution >= 4 is 18.0 Å². The molecule has 0 bridgehead atoms. The van der Waals surface area contributed by atoms with Crippen molar-refractivity contribution in [2.45, 2.75) is 25.3 Å². The quantitative estimate of drug-likeness (QED) is 0.426. The number of methoxy groups -OCH3 is 1. The topological polar surface area (TPSA) is 94.2 Å². The van der Waals surface area contributed by atoms with Crippen LogP contribution in [-0.2, 0) is 20.7 Å². The van der Waals surface area contributed by atoms with Crippen molar-refractivity contribution < 1.29 is 19.1 Å². The minimum Gasteiger partial charge on any atom is -0.469 e. The lowest BCUT2D eigenvalue weighted by Gasteiger charge is -2.30. The molecule has 0 amide bonds. The van der Waals surface area contributed by atoms with Crippen LogP contribution in [0, 0.1) is 5.92 Å². The minimum absolute atomic E-state index is 0.0188. The van der Waals surface area contributed by atoms with Crippen molar-refractivity contribution in [2.24, 2.45) is 16.8 Å². The van der Waals surface area contributed by atoms with E-state index in [1.165, 1.54) is 7.11 Å². The summed E-state index contributed by atoms with van der Waals surface area (Å²) in [6.45, 7) is 2.96. The second kappa shape index (κ2) is 10.1. The van der Waals surface area contributed by atoms with E-state index in [4.69, 9.17) is 15.2 Å². The van der Waals surface area contributed by atoms with Crippen molar-refractivity contribution in [3.63, 3.8) is 0 Å². The average molecular weight is 436 g/mol. The lowest BCUT2D eigenvalue weighted by molar-refractivity contribution is -0.142. The van der Waals surface area contributed by atoms with Gasteiger partial charge in [0, 0.05) is 17.2 Å². The highest BCUT2D eigenvalue weighted by atomic mass is 16.5. The summed E-state index contributed by atoms with van der Waals surface area (Å²) in [6, 6.07) is 12.9. The number of carbonyl (C=O) groups is 2. The first kappa shape index (κ1) is 22.2. The number of morpholine rings is 1. The van der Waals surface area contributed by atoms with Gasteiger partial charge in [-0.3, -0.25) is 14.6 Å². The smallest absolute Gasteiger partial charge is 0.305 e. The van der Waals surface area contributed by atoms with E-state index in [0.717, 1.165) is 42.6 Å². The van der Waals surface area contributed by atoms with Gasteiger partial charge >= 0.3 is 5.97 Å². The second-order valence-electron chi connectivity index (χ2n) is 8.28. The molecular weight excluding hydrogens is 406 g/mol. The highest BCUT2D eigenvalue weighted by Crippen LogP contribution is 2.35. The summed E-state index contributed by atoms with van der Waals surface area (Å²) in [6.07, 6.45) is 3.78. The minimum atomic E-state index is -0.288. The highest BCUT2D eigenvalue weighted by molar-refractivity contribution is 6.09. The number of fused-ring (bicyclic) bond motifs is 1. The maximum Gasteiger partial charge on any atom is 0.305 e. The van der Waals surface area contributed by atoms with Crippen LogP contribution in [-0.4, -0.2) is 56.4 Å². The molecule has 7 nitrogen and oxygen atoms in total. The van der Waals surface area contributed by atoms with Gasteiger partial charge < -0.3 is 15.2 Å². The van der Waals surface area contributed by atoms with E-state index in [-0.39, 0.29) is 23.7 Å². The Morgan fingerprint density at radius 1 is 1.16 bits per heavy atom. The van der Waals surface area contributed by atoms with Gasteiger partial charge in [-0.25, -0.2) is 0 Å². The van der Waals surface area contributed by atoms with E-state index in [2.05, 4.69) is 5.10 Å². The SMILES string of the molecule is COC(=O)CC1CCc2ccc(C(=O)c3ccc(C=NN4CCOCC4)cc3)cc2C1N. The standard InChI is InChI=1S/C25H29N3O4/c1-31-23(29)15-20-8-6-18-7-9-21(14-22(18)24(20)26)25(30)19-4-2-17(3-5-19)16-27-28-10-12-32-13-11-28/h2-5,7,9,14,16,20,24H,6,8,10-13,15,26H2,1H3. The summed E-state index contributed by atoms with van der Waals surface area (Å²) >= 11 is 0. The van der Waals surface area contributed by atoms with Crippen LogP contribution in [0.5, 0.6) is 0 Å². The van der Waals surface area contributed by atoms with E-state index >= 15 is 0 Å². The Bertz CT molecular complexity index is 997. The lowest BCUT2D eigenvalue weighted by Crippen LogP contribution is -2.32. The number of hydrogen-bond acceptors (Lipinski definition) is 7. The van der Waals surface area contributed by atoms with Crippen molar-refractivity contribution in [1.29, 1.82) is 0 Å². The summed E-state index contributed by atoms with van der Waals surface area (Å²) < 4.78 is 10.1. The van der Waals surface area contributed by atoms with E-state index in [1.807, 2.05) is 47.5 Å². The van der Waals surface area contributed by atoms with Gasteiger partial charge in [0.1, 0.15) is 0 Å². The van der Waals surface area contributed by atoms with Crippen molar-refractivity contribution in [1.82, 2.24) is 5.01 Å². The fourth-order valence-corrected chi connectivity index (χ4v) is 4.28. The highest BCUT2D eigenvalue weighted by Gasteiger charge is 2.29. The third-order valence-electron chi connectivity index (χ3n) is 6.25. The molecule has 1 fully saturated rings. The third-order valence-corrected chi connectivity index (χ3v) is 6.25. The zero-order chi connectivity index (χ0) is 22.5. The molecule has 1 aliphatic heterocycles. The van der Waals surface area contributed by atoms with E-state index in [9.17, 15) is 9.59 Å². The fraction of sp³-hybridized carbons (Fsp3) is 0.400. The number of hydrazone groups is 1. The van der Waals surface area contributed by atoms with Gasteiger partial charge in [-0.05, 0) is 41.5 Å². The summed E-state index contributed by atoms with van der Waals surface area (Å²) in [4.78, 5) is 24.8. The molecule has 0 radical (unpaired) electrons. The van der Waals surface area contributed by atoms with E-state index in [0.29, 0.717) is 30.8 Å². The first-order chi connectivity index (χ1) is 15.5. The molecule has 32 heavy (non-hydrogen) atoms. The molecule has 7 heteroatoms. The number of hydrogen-bond donors (Lipinski definition) is 1. The van der Waals surface area contributed by atoms with Crippen molar-refractivity contribution in [2.75, 3.05) is 33.4 Å². The molecule has 1 saturated heterocycles. The molecule has 0 aromatic heterocycles. The monoisotopic (exact) mass is 435 g/mol. The van der Waals surface area contributed by atoms with Crippen LogP contribution >= 0.6 is 0 Å². The zero-order valence-corrected chi connectivity index (χ0v) is 18.3. The Balaban J connectivity index is 1.46. The van der Waals surface area contributed by atoms with Crippen LogP contribution in [0.1, 0.15) is 51.5 Å². The van der Waals surface area contributed by atoms with Crippen LogP contribution < -0.4 is 5.73 Å². The summed E-state index contributed by atoms with van der Waals surface area (Å²) in [5, 5.41) is 6.45. The fourth-order valence-electron chi connectivity index (χ4n) is 4.28. The largest absolute Gasteiger partial charge is 0.469 e. The van der Waals surface area contributed by atoms with Crippen LogP contribution in [0.4, 0.5) is 0 Å². The van der Waals surface area contributed by atoms with Crippen LogP contribution in [0.25, 0.3) is 0 Å². The van der Waals surface area contributed by atoms with Crippen LogP contribution in [0.15, 0.2) is 47.6 Å². The number of aryl methyl sites for hydroxylation is 1. The third kappa shape index (κ3) is 5.06. The maximum absolute atomic E-state index is 13.1. The Hall–Kier alpha value is -3.03. The van der Waals surface area contributed by atoms with Crippen LogP contribution in [0.3, 0.4) is 0 Å². The second-order valence-corrected chi connectivity index (χ2v) is 8.28. The number of nitrogens with zero attached hydrogens (tertiary/aromatic N) is 2. The molecule has 0 saturated carbocycles. The number of benzene rings is 2. The first-order valence-electron chi connectivity index (χ1n) is 11.0.